The van der Waals surface area contributed by atoms with Crippen molar-refractivity contribution >= 4 is 17.4 Å². The number of nitrogens with zero attached hydrogens (tertiary/aromatic N) is 2. The fraction of sp³-hybridized carbons (Fsp3) is 0.583. The van der Waals surface area contributed by atoms with Crippen LogP contribution in [0.5, 0.6) is 0 Å². The Bertz CT molecular complexity index is 324. The number of rotatable bonds is 4. The lowest BCUT2D eigenvalue weighted by Gasteiger charge is -2.28. The lowest BCUT2D eigenvalue weighted by Crippen LogP contribution is -2.32. The smallest absolute Gasteiger partial charge is 0.0562 e. The minimum absolute atomic E-state index is 0.868. The molecular formula is C12H19N3S. The molecule has 0 saturated carbocycles. The van der Waals surface area contributed by atoms with Gasteiger partial charge in [-0.2, -0.15) is 11.8 Å². The fourth-order valence-electron chi connectivity index (χ4n) is 1.83. The van der Waals surface area contributed by atoms with E-state index in [0.29, 0.717) is 0 Å². The van der Waals surface area contributed by atoms with E-state index in [-0.39, 0.29) is 0 Å². The van der Waals surface area contributed by atoms with Crippen molar-refractivity contribution < 1.29 is 0 Å². The summed E-state index contributed by atoms with van der Waals surface area (Å²) in [6.45, 7) is 6.30. The molecule has 0 radical (unpaired) electrons. The van der Waals surface area contributed by atoms with Gasteiger partial charge >= 0.3 is 0 Å². The molecule has 0 aliphatic carbocycles. The summed E-state index contributed by atoms with van der Waals surface area (Å²) < 4.78 is 0. The zero-order chi connectivity index (χ0) is 11.2. The van der Waals surface area contributed by atoms with Gasteiger partial charge in [0.05, 0.1) is 5.69 Å². The Morgan fingerprint density at radius 3 is 3.00 bits per heavy atom. The molecule has 0 aromatic carbocycles. The maximum absolute atomic E-state index is 4.38. The molecule has 0 amide bonds. The summed E-state index contributed by atoms with van der Waals surface area (Å²) in [6.07, 6.45) is 1.92. The van der Waals surface area contributed by atoms with Gasteiger partial charge in [-0.05, 0) is 18.7 Å². The highest BCUT2D eigenvalue weighted by molar-refractivity contribution is 7.99. The van der Waals surface area contributed by atoms with E-state index >= 15 is 0 Å². The fourth-order valence-corrected chi connectivity index (χ4v) is 2.74. The lowest BCUT2D eigenvalue weighted by molar-refractivity contribution is 0.709. The third kappa shape index (κ3) is 3.12. The second-order valence-electron chi connectivity index (χ2n) is 3.89. The Kier molecular flexibility index (Phi) is 4.48. The van der Waals surface area contributed by atoms with Crippen molar-refractivity contribution in [3.63, 3.8) is 0 Å². The maximum Gasteiger partial charge on any atom is 0.0562 e. The first-order chi connectivity index (χ1) is 7.90. The van der Waals surface area contributed by atoms with Gasteiger partial charge in [0.1, 0.15) is 0 Å². The van der Waals surface area contributed by atoms with Gasteiger partial charge in [-0.3, -0.25) is 4.98 Å². The largest absolute Gasteiger partial charge is 0.370 e. The van der Waals surface area contributed by atoms with E-state index < -0.39 is 0 Å². The van der Waals surface area contributed by atoms with Crippen LogP contribution in [0.25, 0.3) is 0 Å². The van der Waals surface area contributed by atoms with Gasteiger partial charge in [-0.15, -0.1) is 0 Å². The highest BCUT2D eigenvalue weighted by atomic mass is 32.2. The lowest BCUT2D eigenvalue weighted by atomic mass is 10.3. The first-order valence-electron chi connectivity index (χ1n) is 5.88. The minimum Gasteiger partial charge on any atom is -0.370 e. The Morgan fingerprint density at radius 1 is 1.44 bits per heavy atom. The predicted octanol–water partition coefficient (Wildman–Crippen LogP) is 1.74. The highest BCUT2D eigenvalue weighted by Crippen LogP contribution is 2.19. The Hall–Kier alpha value is -0.740. The maximum atomic E-state index is 4.38. The quantitative estimate of drug-likeness (QED) is 0.863. The van der Waals surface area contributed by atoms with Crippen LogP contribution in [-0.4, -0.2) is 36.1 Å². The summed E-state index contributed by atoms with van der Waals surface area (Å²) in [4.78, 5) is 6.83. The van der Waals surface area contributed by atoms with E-state index in [0.717, 1.165) is 31.9 Å². The van der Waals surface area contributed by atoms with Crippen molar-refractivity contribution in [1.82, 2.24) is 10.3 Å². The minimum atomic E-state index is 0.868. The van der Waals surface area contributed by atoms with Crippen LogP contribution in [0, 0.1) is 0 Å². The zero-order valence-electron chi connectivity index (χ0n) is 9.78. The normalized spacial score (nSPS) is 16.4. The van der Waals surface area contributed by atoms with Gasteiger partial charge < -0.3 is 10.2 Å². The average Bonchev–Trinajstić information content (AvgIpc) is 2.38. The molecule has 0 atom stereocenters. The van der Waals surface area contributed by atoms with Crippen LogP contribution in [0.15, 0.2) is 18.3 Å². The molecule has 0 spiro atoms. The highest BCUT2D eigenvalue weighted by Gasteiger charge is 2.11. The van der Waals surface area contributed by atoms with Crippen molar-refractivity contribution in [1.29, 1.82) is 0 Å². The van der Waals surface area contributed by atoms with Gasteiger partial charge in [0.25, 0.3) is 0 Å². The molecule has 1 aliphatic heterocycles. The summed E-state index contributed by atoms with van der Waals surface area (Å²) in [7, 11) is 0. The van der Waals surface area contributed by atoms with Crippen LogP contribution in [0.3, 0.4) is 0 Å². The van der Waals surface area contributed by atoms with Crippen LogP contribution >= 0.6 is 11.8 Å². The molecule has 1 saturated heterocycles. The van der Waals surface area contributed by atoms with Crippen molar-refractivity contribution in [3.8, 4) is 0 Å². The van der Waals surface area contributed by atoms with Gasteiger partial charge in [-0.25, -0.2) is 0 Å². The van der Waals surface area contributed by atoms with Crippen LogP contribution in [0.4, 0.5) is 5.69 Å². The molecule has 1 aromatic rings. The standard InChI is InChI=1S/C12H19N3S/c1-2-13-10-11-9-12(3-4-14-11)15-5-7-16-8-6-15/h3-4,9,13H,2,5-8,10H2,1H3. The molecular weight excluding hydrogens is 218 g/mol. The van der Waals surface area contributed by atoms with Gasteiger partial charge in [0.15, 0.2) is 0 Å². The summed E-state index contributed by atoms with van der Waals surface area (Å²) in [6, 6.07) is 4.32. The molecule has 1 aliphatic rings. The molecule has 3 nitrogen and oxygen atoms in total. The number of nitrogens with one attached hydrogen (secondary N) is 1. The Labute approximate surface area is 102 Å². The van der Waals surface area contributed by atoms with Gasteiger partial charge in [-0.1, -0.05) is 6.92 Å². The predicted molar refractivity (Wildman–Crippen MR) is 71.2 cm³/mol. The number of pyridine rings is 1. The molecule has 2 rings (SSSR count). The number of anilines is 1. The summed E-state index contributed by atoms with van der Waals surface area (Å²) >= 11 is 2.04. The Balaban J connectivity index is 2.02. The van der Waals surface area contributed by atoms with Crippen molar-refractivity contribution in [2.45, 2.75) is 13.5 Å². The summed E-state index contributed by atoms with van der Waals surface area (Å²) in [5.74, 6) is 2.48. The van der Waals surface area contributed by atoms with Crippen molar-refractivity contribution in [3.05, 3.63) is 24.0 Å². The van der Waals surface area contributed by atoms with Gasteiger partial charge in [0, 0.05) is 43.0 Å². The molecule has 1 N–H and O–H groups in total. The second kappa shape index (κ2) is 6.11. The van der Waals surface area contributed by atoms with Crippen LogP contribution < -0.4 is 10.2 Å². The van der Waals surface area contributed by atoms with E-state index in [9.17, 15) is 0 Å². The van der Waals surface area contributed by atoms with Gasteiger partial charge in [0.2, 0.25) is 0 Å². The van der Waals surface area contributed by atoms with Crippen LogP contribution in [0.1, 0.15) is 12.6 Å². The monoisotopic (exact) mass is 237 g/mol. The molecule has 16 heavy (non-hydrogen) atoms. The molecule has 0 unspecified atom stereocenters. The summed E-state index contributed by atoms with van der Waals surface area (Å²) in [5.41, 5.74) is 2.46. The summed E-state index contributed by atoms with van der Waals surface area (Å²) in [5, 5.41) is 3.31. The third-order valence-corrected chi connectivity index (χ3v) is 3.67. The molecule has 88 valence electrons. The number of aromatic nitrogens is 1. The van der Waals surface area contributed by atoms with E-state index in [1.54, 1.807) is 0 Å². The zero-order valence-corrected chi connectivity index (χ0v) is 10.6. The molecule has 1 aromatic heterocycles. The molecule has 2 heterocycles. The van der Waals surface area contributed by atoms with Crippen molar-refractivity contribution in [2.24, 2.45) is 0 Å². The van der Waals surface area contributed by atoms with E-state index in [1.807, 2.05) is 18.0 Å². The number of hydrogen-bond donors (Lipinski definition) is 1. The number of hydrogen-bond acceptors (Lipinski definition) is 4. The molecule has 4 heteroatoms. The van der Waals surface area contributed by atoms with Crippen molar-refractivity contribution in [2.75, 3.05) is 36.0 Å². The van der Waals surface area contributed by atoms with Crippen LogP contribution in [0.2, 0.25) is 0 Å². The SMILES string of the molecule is CCNCc1cc(N2CCSCC2)ccn1. The molecule has 1 fully saturated rings. The first kappa shape index (κ1) is 11.7. The van der Waals surface area contributed by atoms with Crippen LogP contribution in [-0.2, 0) is 6.54 Å². The molecule has 0 bridgehead atoms. The topological polar surface area (TPSA) is 28.2 Å². The van der Waals surface area contributed by atoms with E-state index in [1.165, 1.54) is 17.2 Å². The Morgan fingerprint density at radius 2 is 2.25 bits per heavy atom. The second-order valence-corrected chi connectivity index (χ2v) is 5.11. The average molecular weight is 237 g/mol. The third-order valence-electron chi connectivity index (χ3n) is 2.73. The van der Waals surface area contributed by atoms with E-state index in [2.05, 4.69) is 34.3 Å². The van der Waals surface area contributed by atoms with E-state index in [4.69, 9.17) is 0 Å². The number of thioether (sulfide) groups is 1. The first-order valence-corrected chi connectivity index (χ1v) is 7.04.